The molecule has 6 heteroatoms. The van der Waals surface area contributed by atoms with E-state index in [2.05, 4.69) is 4.72 Å². The Labute approximate surface area is 100 Å². The quantitative estimate of drug-likeness (QED) is 0.785. The second-order valence-corrected chi connectivity index (χ2v) is 6.06. The molecule has 0 spiro atoms. The van der Waals surface area contributed by atoms with E-state index in [1.807, 2.05) is 0 Å². The lowest BCUT2D eigenvalue weighted by Gasteiger charge is -2.09. The zero-order valence-electron chi connectivity index (χ0n) is 9.51. The molecule has 2 N–H and O–H groups in total. The van der Waals surface area contributed by atoms with Gasteiger partial charge in [-0.1, -0.05) is 0 Å². The highest BCUT2D eigenvalue weighted by molar-refractivity contribution is 7.92. The summed E-state index contributed by atoms with van der Waals surface area (Å²) >= 11 is 0. The molecule has 1 aromatic carbocycles. The smallest absolute Gasteiger partial charge is 0.229 e. The SMILES string of the molecule is CS(=O)(=O)Nc1ccc(OCC2CC2)cc1O. The molecule has 0 unspecified atom stereocenters. The third-order valence-corrected chi connectivity index (χ3v) is 3.04. The van der Waals surface area contributed by atoms with Crippen LogP contribution in [0.4, 0.5) is 5.69 Å². The number of phenolic OH excluding ortho intramolecular Hbond substituents is 1. The molecule has 1 fully saturated rings. The molecule has 0 aromatic heterocycles. The van der Waals surface area contributed by atoms with Gasteiger partial charge in [-0.3, -0.25) is 4.72 Å². The van der Waals surface area contributed by atoms with Gasteiger partial charge < -0.3 is 9.84 Å². The summed E-state index contributed by atoms with van der Waals surface area (Å²) < 4.78 is 29.7. The predicted molar refractivity (Wildman–Crippen MR) is 64.8 cm³/mol. The Kier molecular flexibility index (Phi) is 3.15. The third-order valence-electron chi connectivity index (χ3n) is 2.45. The van der Waals surface area contributed by atoms with Crippen molar-refractivity contribution in [3.05, 3.63) is 18.2 Å². The van der Waals surface area contributed by atoms with Crippen molar-refractivity contribution in [1.29, 1.82) is 0 Å². The highest BCUT2D eigenvalue weighted by Crippen LogP contribution is 2.32. The molecular formula is C11H15NO4S. The first kappa shape index (κ1) is 12.0. The number of benzene rings is 1. The summed E-state index contributed by atoms with van der Waals surface area (Å²) in [6.07, 6.45) is 3.42. The van der Waals surface area contributed by atoms with Crippen LogP contribution >= 0.6 is 0 Å². The van der Waals surface area contributed by atoms with E-state index in [-0.39, 0.29) is 11.4 Å². The minimum absolute atomic E-state index is 0.135. The van der Waals surface area contributed by atoms with E-state index in [9.17, 15) is 13.5 Å². The highest BCUT2D eigenvalue weighted by atomic mass is 32.2. The molecule has 1 aromatic rings. The second-order valence-electron chi connectivity index (χ2n) is 4.31. The topological polar surface area (TPSA) is 75.6 Å². The van der Waals surface area contributed by atoms with E-state index in [1.54, 1.807) is 6.07 Å². The van der Waals surface area contributed by atoms with E-state index < -0.39 is 10.0 Å². The first-order valence-electron chi connectivity index (χ1n) is 5.37. The summed E-state index contributed by atoms with van der Waals surface area (Å²) in [5.74, 6) is 1.04. The van der Waals surface area contributed by atoms with E-state index in [4.69, 9.17) is 4.74 Å². The Bertz CT molecular complexity index is 508. The molecule has 17 heavy (non-hydrogen) atoms. The second kappa shape index (κ2) is 4.44. The zero-order chi connectivity index (χ0) is 12.5. The van der Waals surface area contributed by atoms with Gasteiger partial charge in [0, 0.05) is 6.07 Å². The average molecular weight is 257 g/mol. The van der Waals surface area contributed by atoms with Gasteiger partial charge in [-0.05, 0) is 30.9 Å². The van der Waals surface area contributed by atoms with Crippen molar-refractivity contribution in [2.45, 2.75) is 12.8 Å². The number of nitrogens with one attached hydrogen (secondary N) is 1. The van der Waals surface area contributed by atoms with Crippen LogP contribution in [0.5, 0.6) is 11.5 Å². The molecular weight excluding hydrogens is 242 g/mol. The van der Waals surface area contributed by atoms with E-state index in [1.165, 1.54) is 25.0 Å². The van der Waals surface area contributed by atoms with Gasteiger partial charge in [-0.2, -0.15) is 0 Å². The molecule has 0 radical (unpaired) electrons. The van der Waals surface area contributed by atoms with Crippen LogP contribution in [-0.4, -0.2) is 26.4 Å². The van der Waals surface area contributed by atoms with Crippen molar-refractivity contribution >= 4 is 15.7 Å². The number of ether oxygens (including phenoxy) is 1. The number of anilines is 1. The Morgan fingerprint density at radius 3 is 2.71 bits per heavy atom. The van der Waals surface area contributed by atoms with Crippen molar-refractivity contribution in [2.24, 2.45) is 5.92 Å². The number of hydrogen-bond acceptors (Lipinski definition) is 4. The fraction of sp³-hybridized carbons (Fsp3) is 0.455. The Morgan fingerprint density at radius 1 is 1.47 bits per heavy atom. The van der Waals surface area contributed by atoms with E-state index >= 15 is 0 Å². The number of aromatic hydroxyl groups is 1. The minimum atomic E-state index is -3.38. The number of phenols is 1. The van der Waals surface area contributed by atoms with Gasteiger partial charge in [-0.25, -0.2) is 8.42 Å². The first-order valence-corrected chi connectivity index (χ1v) is 7.27. The van der Waals surface area contributed by atoms with Crippen LogP contribution in [0.2, 0.25) is 0 Å². The lowest BCUT2D eigenvalue weighted by atomic mass is 10.3. The summed E-state index contributed by atoms with van der Waals surface area (Å²) in [5.41, 5.74) is 0.159. The van der Waals surface area contributed by atoms with Gasteiger partial charge in [0.2, 0.25) is 10.0 Å². The van der Waals surface area contributed by atoms with Gasteiger partial charge >= 0.3 is 0 Å². The highest BCUT2D eigenvalue weighted by Gasteiger charge is 2.22. The zero-order valence-corrected chi connectivity index (χ0v) is 10.3. The van der Waals surface area contributed by atoms with Gasteiger partial charge in [0.25, 0.3) is 0 Å². The number of rotatable bonds is 5. The van der Waals surface area contributed by atoms with Crippen molar-refractivity contribution in [3.8, 4) is 11.5 Å². The maximum atomic E-state index is 11.0. The van der Waals surface area contributed by atoms with Gasteiger partial charge in [0.15, 0.2) is 0 Å². The van der Waals surface area contributed by atoms with Crippen LogP contribution in [0.25, 0.3) is 0 Å². The Balaban J connectivity index is 2.04. The molecule has 0 heterocycles. The lowest BCUT2D eigenvalue weighted by Crippen LogP contribution is -2.09. The molecule has 1 aliphatic carbocycles. The average Bonchev–Trinajstić information content (AvgIpc) is 3.00. The van der Waals surface area contributed by atoms with Crippen LogP contribution in [0.15, 0.2) is 18.2 Å². The molecule has 0 bridgehead atoms. The molecule has 1 aliphatic rings. The molecule has 1 saturated carbocycles. The standard InChI is InChI=1S/C11H15NO4S/c1-17(14,15)12-10-5-4-9(6-11(10)13)16-7-8-2-3-8/h4-6,8,12-13H,2-3,7H2,1H3. The molecule has 0 saturated heterocycles. The largest absolute Gasteiger partial charge is 0.506 e. The van der Waals surface area contributed by atoms with Crippen LogP contribution < -0.4 is 9.46 Å². The summed E-state index contributed by atoms with van der Waals surface area (Å²) in [4.78, 5) is 0. The Hall–Kier alpha value is -1.43. The van der Waals surface area contributed by atoms with Crippen LogP contribution in [0.1, 0.15) is 12.8 Å². The summed E-state index contributed by atoms with van der Waals surface area (Å²) in [7, 11) is -3.38. The maximum Gasteiger partial charge on any atom is 0.229 e. The molecule has 2 rings (SSSR count). The number of sulfonamides is 1. The molecule has 0 aliphatic heterocycles. The first-order chi connectivity index (χ1) is 7.94. The Morgan fingerprint density at radius 2 is 2.18 bits per heavy atom. The van der Waals surface area contributed by atoms with Gasteiger partial charge in [-0.15, -0.1) is 0 Å². The van der Waals surface area contributed by atoms with Crippen LogP contribution in [-0.2, 0) is 10.0 Å². The minimum Gasteiger partial charge on any atom is -0.506 e. The van der Waals surface area contributed by atoms with Crippen molar-refractivity contribution < 1.29 is 18.3 Å². The summed E-state index contributed by atoms with van der Waals surface area (Å²) in [5, 5.41) is 9.63. The number of hydrogen-bond donors (Lipinski definition) is 2. The van der Waals surface area contributed by atoms with Gasteiger partial charge in [0.05, 0.1) is 18.6 Å². The van der Waals surface area contributed by atoms with Crippen molar-refractivity contribution in [2.75, 3.05) is 17.6 Å². The fourth-order valence-corrected chi connectivity index (χ4v) is 1.96. The van der Waals surface area contributed by atoms with Crippen LogP contribution in [0.3, 0.4) is 0 Å². The molecule has 0 amide bonds. The lowest BCUT2D eigenvalue weighted by molar-refractivity contribution is 0.298. The monoisotopic (exact) mass is 257 g/mol. The summed E-state index contributed by atoms with van der Waals surface area (Å²) in [6.45, 7) is 0.651. The fourth-order valence-electron chi connectivity index (χ4n) is 1.39. The van der Waals surface area contributed by atoms with E-state index in [0.29, 0.717) is 18.3 Å². The third kappa shape index (κ3) is 3.81. The normalized spacial score (nSPS) is 15.6. The van der Waals surface area contributed by atoms with Crippen LogP contribution in [0, 0.1) is 5.92 Å². The van der Waals surface area contributed by atoms with Crippen molar-refractivity contribution in [1.82, 2.24) is 0 Å². The predicted octanol–water partition coefficient (Wildman–Crippen LogP) is 1.55. The molecule has 5 nitrogen and oxygen atoms in total. The summed E-state index contributed by atoms with van der Waals surface area (Å²) in [6, 6.07) is 4.53. The molecule has 0 atom stereocenters. The van der Waals surface area contributed by atoms with E-state index in [0.717, 1.165) is 6.26 Å². The van der Waals surface area contributed by atoms with Gasteiger partial charge in [0.1, 0.15) is 11.5 Å². The molecule has 94 valence electrons. The van der Waals surface area contributed by atoms with Crippen molar-refractivity contribution in [3.63, 3.8) is 0 Å². The maximum absolute atomic E-state index is 11.0.